The predicted octanol–water partition coefficient (Wildman–Crippen LogP) is 6.11. The third-order valence-corrected chi connectivity index (χ3v) is 7.56. The molecule has 0 radical (unpaired) electrons. The first-order chi connectivity index (χ1) is 15.9. The molecule has 2 unspecified atom stereocenters. The van der Waals surface area contributed by atoms with Gasteiger partial charge in [0.2, 0.25) is 11.8 Å². The maximum Gasteiger partial charge on any atom is 0.242 e. The summed E-state index contributed by atoms with van der Waals surface area (Å²) in [5.74, 6) is 0.360. The van der Waals surface area contributed by atoms with Crippen LogP contribution in [0.25, 0.3) is 0 Å². The molecule has 0 aliphatic rings. The van der Waals surface area contributed by atoms with E-state index >= 15 is 0 Å². The average Bonchev–Trinajstić information content (AvgIpc) is 2.83. The molecule has 0 saturated heterocycles. The Labute approximate surface area is 212 Å². The molecular formula is C28H47ClN2O3. The zero-order valence-corrected chi connectivity index (χ0v) is 23.4. The molecule has 194 valence electrons. The molecule has 1 rings (SSSR count). The molecule has 2 amide bonds. The Morgan fingerprint density at radius 1 is 1.03 bits per heavy atom. The number of hydrogen-bond donors (Lipinski definition) is 2. The van der Waals surface area contributed by atoms with E-state index in [0.717, 1.165) is 37.9 Å². The number of carbonyl (C=O) groups is 2. The van der Waals surface area contributed by atoms with Gasteiger partial charge in [-0.15, -0.1) is 11.6 Å². The number of hydrogen-bond acceptors (Lipinski definition) is 3. The van der Waals surface area contributed by atoms with Crippen molar-refractivity contribution in [2.75, 3.05) is 19.0 Å². The number of alkyl halides is 1. The van der Waals surface area contributed by atoms with Gasteiger partial charge < -0.3 is 15.4 Å². The van der Waals surface area contributed by atoms with Gasteiger partial charge in [-0.05, 0) is 54.1 Å². The minimum atomic E-state index is -0.558. The van der Waals surface area contributed by atoms with Crippen LogP contribution in [0, 0.1) is 5.92 Å². The standard InChI is InChI=1S/C28H47ClN2O3/c1-9-20(4)25(31-24(32)19-29)26(33)30-16-12-13-17-34-23-15-14-21(27(5,6)10-2)18-22(23)28(7,8)11-3/h14-15,18,20,25H,9-13,16-17,19H2,1-8H3,(H,30,33)(H,31,32). The Hall–Kier alpha value is -1.75. The van der Waals surface area contributed by atoms with Crippen LogP contribution < -0.4 is 15.4 Å². The zero-order chi connectivity index (χ0) is 25.9. The third-order valence-electron chi connectivity index (χ3n) is 7.32. The monoisotopic (exact) mass is 494 g/mol. The largest absolute Gasteiger partial charge is 0.493 e. The minimum Gasteiger partial charge on any atom is -0.493 e. The molecule has 0 aliphatic carbocycles. The summed E-state index contributed by atoms with van der Waals surface area (Å²) in [6.45, 7) is 18.6. The highest BCUT2D eigenvalue weighted by atomic mass is 35.5. The summed E-state index contributed by atoms with van der Waals surface area (Å²) in [5, 5.41) is 5.68. The van der Waals surface area contributed by atoms with Gasteiger partial charge in [-0.1, -0.05) is 73.9 Å². The van der Waals surface area contributed by atoms with Crippen molar-refractivity contribution in [3.8, 4) is 5.75 Å². The lowest BCUT2D eigenvalue weighted by molar-refractivity contribution is -0.129. The SMILES string of the molecule is CCC(C)C(NC(=O)CCl)C(=O)NCCCCOc1ccc(C(C)(C)CC)cc1C(C)(C)CC. The minimum absolute atomic E-state index is 0.0294. The first-order valence-electron chi connectivity index (χ1n) is 12.8. The summed E-state index contributed by atoms with van der Waals surface area (Å²) in [6, 6.07) is 6.08. The molecule has 0 bridgehead atoms. The molecule has 0 saturated carbocycles. The van der Waals surface area contributed by atoms with Crippen LogP contribution in [0.3, 0.4) is 0 Å². The van der Waals surface area contributed by atoms with Gasteiger partial charge >= 0.3 is 0 Å². The molecule has 2 atom stereocenters. The average molecular weight is 495 g/mol. The molecule has 0 fully saturated rings. The summed E-state index contributed by atoms with van der Waals surface area (Å²) in [6.07, 6.45) is 4.53. The van der Waals surface area contributed by atoms with E-state index in [-0.39, 0.29) is 34.4 Å². The Morgan fingerprint density at radius 2 is 1.68 bits per heavy atom. The quantitative estimate of drug-likeness (QED) is 0.228. The van der Waals surface area contributed by atoms with Gasteiger partial charge in [-0.2, -0.15) is 0 Å². The van der Waals surface area contributed by atoms with Gasteiger partial charge in [0.1, 0.15) is 17.7 Å². The molecule has 2 N–H and O–H groups in total. The van der Waals surface area contributed by atoms with Crippen LogP contribution in [0.5, 0.6) is 5.75 Å². The molecule has 6 heteroatoms. The van der Waals surface area contributed by atoms with Crippen molar-refractivity contribution in [3.63, 3.8) is 0 Å². The van der Waals surface area contributed by atoms with Gasteiger partial charge in [0.15, 0.2) is 0 Å². The smallest absolute Gasteiger partial charge is 0.242 e. The number of benzene rings is 1. The van der Waals surface area contributed by atoms with Crippen LogP contribution in [0.1, 0.15) is 98.6 Å². The molecular weight excluding hydrogens is 448 g/mol. The molecule has 0 aromatic heterocycles. The fraction of sp³-hybridized carbons (Fsp3) is 0.714. The molecule has 34 heavy (non-hydrogen) atoms. The number of halogens is 1. The van der Waals surface area contributed by atoms with Gasteiger partial charge in [-0.3, -0.25) is 9.59 Å². The van der Waals surface area contributed by atoms with Crippen molar-refractivity contribution in [2.24, 2.45) is 5.92 Å². The molecule has 1 aromatic rings. The van der Waals surface area contributed by atoms with Crippen LogP contribution in [0.2, 0.25) is 0 Å². The Morgan fingerprint density at radius 3 is 2.24 bits per heavy atom. The molecule has 0 heterocycles. The number of nitrogens with one attached hydrogen (secondary N) is 2. The first kappa shape index (κ1) is 30.3. The fourth-order valence-electron chi connectivity index (χ4n) is 3.64. The summed E-state index contributed by atoms with van der Waals surface area (Å²) >= 11 is 5.59. The van der Waals surface area contributed by atoms with Crippen LogP contribution >= 0.6 is 11.6 Å². The Bertz CT molecular complexity index is 792. The van der Waals surface area contributed by atoms with E-state index in [1.807, 2.05) is 13.8 Å². The summed E-state index contributed by atoms with van der Waals surface area (Å²) in [7, 11) is 0. The summed E-state index contributed by atoms with van der Waals surface area (Å²) in [4.78, 5) is 24.2. The van der Waals surface area contributed by atoms with Crippen LogP contribution in [-0.2, 0) is 20.4 Å². The van der Waals surface area contributed by atoms with E-state index in [9.17, 15) is 9.59 Å². The highest BCUT2D eigenvalue weighted by molar-refractivity contribution is 6.27. The second-order valence-electron chi connectivity index (χ2n) is 10.6. The number of rotatable bonds is 15. The Kier molecular flexibility index (Phi) is 12.4. The van der Waals surface area contributed by atoms with Crippen molar-refractivity contribution in [3.05, 3.63) is 29.3 Å². The number of carbonyl (C=O) groups excluding carboxylic acids is 2. The van der Waals surface area contributed by atoms with Crippen molar-refractivity contribution in [1.29, 1.82) is 0 Å². The Balaban J connectivity index is 2.68. The highest BCUT2D eigenvalue weighted by Gasteiger charge is 2.27. The normalized spacial score (nSPS) is 13.8. The number of amides is 2. The van der Waals surface area contributed by atoms with Crippen molar-refractivity contribution < 1.29 is 14.3 Å². The van der Waals surface area contributed by atoms with Gasteiger partial charge in [-0.25, -0.2) is 0 Å². The lowest BCUT2D eigenvalue weighted by Gasteiger charge is -2.30. The maximum absolute atomic E-state index is 12.6. The van der Waals surface area contributed by atoms with Gasteiger partial charge in [0, 0.05) is 12.1 Å². The van der Waals surface area contributed by atoms with Crippen molar-refractivity contribution in [2.45, 2.75) is 104 Å². The summed E-state index contributed by atoms with van der Waals surface area (Å²) < 4.78 is 6.22. The van der Waals surface area contributed by atoms with E-state index in [0.29, 0.717) is 13.2 Å². The van der Waals surface area contributed by atoms with Crippen LogP contribution in [-0.4, -0.2) is 36.9 Å². The third kappa shape index (κ3) is 8.79. The maximum atomic E-state index is 12.6. The van der Waals surface area contributed by atoms with Gasteiger partial charge in [0.25, 0.3) is 0 Å². The second kappa shape index (κ2) is 14.0. The van der Waals surface area contributed by atoms with E-state index < -0.39 is 6.04 Å². The first-order valence-corrected chi connectivity index (χ1v) is 13.4. The molecule has 1 aromatic carbocycles. The van der Waals surface area contributed by atoms with Gasteiger partial charge in [0.05, 0.1) is 6.61 Å². The lowest BCUT2D eigenvalue weighted by Crippen LogP contribution is -2.50. The van der Waals surface area contributed by atoms with Crippen molar-refractivity contribution in [1.82, 2.24) is 10.6 Å². The van der Waals surface area contributed by atoms with Crippen molar-refractivity contribution >= 4 is 23.4 Å². The topological polar surface area (TPSA) is 67.4 Å². The van der Waals surface area contributed by atoms with Crippen LogP contribution in [0.15, 0.2) is 18.2 Å². The van der Waals surface area contributed by atoms with Crippen LogP contribution in [0.4, 0.5) is 0 Å². The molecule has 5 nitrogen and oxygen atoms in total. The van der Waals surface area contributed by atoms with E-state index in [1.54, 1.807) is 0 Å². The predicted molar refractivity (Wildman–Crippen MR) is 143 cm³/mol. The summed E-state index contributed by atoms with van der Waals surface area (Å²) in [5.41, 5.74) is 2.76. The zero-order valence-electron chi connectivity index (χ0n) is 22.6. The molecule has 0 spiro atoms. The van der Waals surface area contributed by atoms with E-state index in [1.165, 1.54) is 11.1 Å². The second-order valence-corrected chi connectivity index (χ2v) is 10.9. The van der Waals surface area contributed by atoms with E-state index in [4.69, 9.17) is 16.3 Å². The number of ether oxygens (including phenoxy) is 1. The number of unbranched alkanes of at least 4 members (excludes halogenated alkanes) is 1. The fourth-order valence-corrected chi connectivity index (χ4v) is 3.72. The van der Waals surface area contributed by atoms with E-state index in [2.05, 4.69) is 70.4 Å². The molecule has 0 aliphatic heterocycles. The highest BCUT2D eigenvalue weighted by Crippen LogP contribution is 2.38. The lowest BCUT2D eigenvalue weighted by atomic mass is 9.76.